The molecule has 0 unspecified atom stereocenters. The standard InChI is InChI=1S/C8H7Cl2NO/c1-11-8(12)6-3-2-5(9)4-7(6)10/h2-4H,1,11H2. The topological polar surface area (TPSA) is 33.7 Å². The number of primary amides is 1. The van der Waals surface area contributed by atoms with E-state index in [4.69, 9.17) is 23.2 Å². The molecule has 2 nitrogen and oxygen atoms in total. The molecule has 0 aliphatic heterocycles. The second-order valence-electron chi connectivity index (χ2n) is 2.19. The molecule has 1 aromatic carbocycles. The van der Waals surface area contributed by atoms with Gasteiger partial charge in [-0.3, -0.25) is 0 Å². The maximum absolute atomic E-state index is 11.1. The zero-order valence-corrected chi connectivity index (χ0v) is 7.69. The fraction of sp³-hybridized carbons (Fsp3) is 0. The van der Waals surface area contributed by atoms with Gasteiger partial charge in [-0.2, -0.15) is 0 Å². The minimum absolute atomic E-state index is 0.198. The van der Waals surface area contributed by atoms with Crippen molar-refractivity contribution in [3.63, 3.8) is 0 Å². The summed E-state index contributed by atoms with van der Waals surface area (Å²) in [5.41, 5.74) is 0.427. The largest absolute Gasteiger partial charge is 0.411 e. The molecule has 0 saturated carbocycles. The predicted molar refractivity (Wildman–Crippen MR) is 48.1 cm³/mol. The van der Waals surface area contributed by atoms with Crippen LogP contribution in [0.3, 0.4) is 0 Å². The molecule has 0 saturated heterocycles. The van der Waals surface area contributed by atoms with Crippen LogP contribution in [0.15, 0.2) is 18.2 Å². The number of benzene rings is 1. The van der Waals surface area contributed by atoms with E-state index in [2.05, 4.69) is 7.05 Å². The van der Waals surface area contributed by atoms with Gasteiger partial charge in [0.25, 0.3) is 0 Å². The molecular weight excluding hydrogens is 197 g/mol. The Labute approximate surface area is 80.5 Å². The fourth-order valence-corrected chi connectivity index (χ4v) is 1.30. The molecule has 0 atom stereocenters. The fourth-order valence-electron chi connectivity index (χ4n) is 0.799. The number of quaternary nitrogens is 1. The summed E-state index contributed by atoms with van der Waals surface area (Å²) in [6.45, 7) is 0. The third kappa shape index (κ3) is 1.97. The van der Waals surface area contributed by atoms with Crippen molar-refractivity contribution in [3.8, 4) is 0 Å². The van der Waals surface area contributed by atoms with Crippen LogP contribution in [0.25, 0.3) is 0 Å². The summed E-state index contributed by atoms with van der Waals surface area (Å²) in [6, 6.07) is 4.72. The number of hydrogen-bond donors (Lipinski definition) is 1. The summed E-state index contributed by atoms with van der Waals surface area (Å²) in [5.74, 6) is -0.198. The third-order valence-corrected chi connectivity index (χ3v) is 1.93. The van der Waals surface area contributed by atoms with E-state index in [0.29, 0.717) is 15.6 Å². The number of carbonyl (C=O) groups is 1. The van der Waals surface area contributed by atoms with Gasteiger partial charge in [0.05, 0.1) is 10.6 Å². The van der Waals surface area contributed by atoms with Crippen molar-refractivity contribution in [3.05, 3.63) is 40.9 Å². The van der Waals surface area contributed by atoms with Gasteiger partial charge in [-0.05, 0) is 18.2 Å². The molecule has 2 N–H and O–H groups in total. The van der Waals surface area contributed by atoms with Crippen LogP contribution >= 0.6 is 23.2 Å². The number of rotatable bonds is 1. The van der Waals surface area contributed by atoms with Crippen LogP contribution in [-0.4, -0.2) is 5.91 Å². The Morgan fingerprint density at radius 1 is 1.42 bits per heavy atom. The van der Waals surface area contributed by atoms with Gasteiger partial charge >= 0.3 is 5.91 Å². The lowest BCUT2D eigenvalue weighted by Gasteiger charge is -2.01. The van der Waals surface area contributed by atoms with Crippen LogP contribution in [0.5, 0.6) is 0 Å². The van der Waals surface area contributed by atoms with Gasteiger partial charge in [0, 0.05) is 5.02 Å². The van der Waals surface area contributed by atoms with Crippen LogP contribution < -0.4 is 5.32 Å². The Hall–Kier alpha value is -0.570. The first-order chi connectivity index (χ1) is 5.65. The normalized spacial score (nSPS) is 9.92. The van der Waals surface area contributed by atoms with Gasteiger partial charge in [-0.1, -0.05) is 23.2 Å². The van der Waals surface area contributed by atoms with Gasteiger partial charge in [-0.25, -0.2) is 4.79 Å². The summed E-state index contributed by atoms with van der Waals surface area (Å²) in [6.07, 6.45) is 0. The van der Waals surface area contributed by atoms with Crippen LogP contribution in [-0.2, 0) is 0 Å². The van der Waals surface area contributed by atoms with Gasteiger partial charge < -0.3 is 5.32 Å². The van der Waals surface area contributed by atoms with E-state index in [1.165, 1.54) is 11.4 Å². The first-order valence-electron chi connectivity index (χ1n) is 3.27. The molecule has 0 aliphatic carbocycles. The summed E-state index contributed by atoms with van der Waals surface area (Å²) < 4.78 is 0. The second-order valence-corrected chi connectivity index (χ2v) is 3.04. The summed E-state index contributed by atoms with van der Waals surface area (Å²) in [5, 5.41) is 2.09. The van der Waals surface area contributed by atoms with Gasteiger partial charge in [0.15, 0.2) is 0 Å². The predicted octanol–water partition coefficient (Wildman–Crippen LogP) is 1.49. The monoisotopic (exact) mass is 203 g/mol. The van der Waals surface area contributed by atoms with E-state index in [1.807, 2.05) is 0 Å². The molecule has 0 bridgehead atoms. The maximum atomic E-state index is 11.1. The Bertz CT molecular complexity index is 312. The Morgan fingerprint density at radius 2 is 2.08 bits per heavy atom. The summed E-state index contributed by atoms with van der Waals surface area (Å²) in [7, 11) is 3.36. The highest BCUT2D eigenvalue weighted by molar-refractivity contribution is 6.36. The summed E-state index contributed by atoms with van der Waals surface area (Å²) in [4.78, 5) is 11.1. The minimum Gasteiger partial charge on any atom is -0.411 e. The molecule has 0 heterocycles. The van der Waals surface area contributed by atoms with Crippen molar-refractivity contribution < 1.29 is 10.1 Å². The van der Waals surface area contributed by atoms with Crippen molar-refractivity contribution in [2.75, 3.05) is 0 Å². The van der Waals surface area contributed by atoms with Gasteiger partial charge in [0.2, 0.25) is 0 Å². The highest BCUT2D eigenvalue weighted by atomic mass is 35.5. The number of hydrogen-bond acceptors (Lipinski definition) is 1. The van der Waals surface area contributed by atoms with Crippen molar-refractivity contribution in [2.24, 2.45) is 0 Å². The first kappa shape index (κ1) is 9.52. The molecule has 0 aromatic heterocycles. The number of nitrogens with two attached hydrogens (primary N) is 1. The lowest BCUT2D eigenvalue weighted by Crippen LogP contribution is -2.81. The smallest absolute Gasteiger partial charge is 0.318 e. The summed E-state index contributed by atoms with van der Waals surface area (Å²) >= 11 is 11.4. The first-order valence-corrected chi connectivity index (χ1v) is 4.02. The van der Waals surface area contributed by atoms with Crippen molar-refractivity contribution >= 4 is 29.1 Å². The molecule has 4 heteroatoms. The lowest BCUT2D eigenvalue weighted by atomic mass is 10.2. The van der Waals surface area contributed by atoms with Crippen molar-refractivity contribution in [1.82, 2.24) is 0 Å². The zero-order chi connectivity index (χ0) is 9.14. The molecule has 12 heavy (non-hydrogen) atoms. The van der Waals surface area contributed by atoms with Gasteiger partial charge in [0.1, 0.15) is 0 Å². The highest BCUT2D eigenvalue weighted by Crippen LogP contribution is 2.19. The molecule has 0 radical (unpaired) electrons. The second kappa shape index (κ2) is 3.90. The SMILES string of the molecule is [CH2-][NH2+]C(=O)c1ccc(Cl)cc1Cl. The third-order valence-electron chi connectivity index (χ3n) is 1.38. The number of halogens is 2. The average molecular weight is 204 g/mol. The average Bonchev–Trinajstić information content (AvgIpc) is 2.03. The van der Waals surface area contributed by atoms with Crippen molar-refractivity contribution in [1.29, 1.82) is 0 Å². The Kier molecular flexibility index (Phi) is 3.09. The maximum Gasteiger partial charge on any atom is 0.318 e. The Morgan fingerprint density at radius 3 is 2.58 bits per heavy atom. The number of carbonyl (C=O) groups excluding carboxylic acids is 1. The molecule has 0 aliphatic rings. The van der Waals surface area contributed by atoms with E-state index >= 15 is 0 Å². The molecule has 0 spiro atoms. The lowest BCUT2D eigenvalue weighted by molar-refractivity contribution is -0.489. The molecule has 1 aromatic rings. The quantitative estimate of drug-likeness (QED) is 0.690. The zero-order valence-electron chi connectivity index (χ0n) is 6.18. The molecule has 1 amide bonds. The van der Waals surface area contributed by atoms with Crippen LogP contribution in [0.2, 0.25) is 10.0 Å². The highest BCUT2D eigenvalue weighted by Gasteiger charge is 2.09. The van der Waals surface area contributed by atoms with E-state index in [9.17, 15) is 4.79 Å². The van der Waals surface area contributed by atoms with Crippen LogP contribution in [0, 0.1) is 7.05 Å². The van der Waals surface area contributed by atoms with E-state index < -0.39 is 0 Å². The Balaban J connectivity index is 3.09. The van der Waals surface area contributed by atoms with Crippen molar-refractivity contribution in [2.45, 2.75) is 0 Å². The van der Waals surface area contributed by atoms with Crippen LogP contribution in [0.1, 0.15) is 10.4 Å². The van der Waals surface area contributed by atoms with Gasteiger partial charge in [-0.15, -0.1) is 7.05 Å². The minimum atomic E-state index is -0.198. The van der Waals surface area contributed by atoms with E-state index in [0.717, 1.165) is 0 Å². The molecule has 64 valence electrons. The van der Waals surface area contributed by atoms with E-state index in [-0.39, 0.29) is 5.91 Å². The molecule has 1 rings (SSSR count). The molecular formula is C8H7Cl2NO. The van der Waals surface area contributed by atoms with E-state index in [1.54, 1.807) is 12.1 Å². The molecule has 0 fully saturated rings. The van der Waals surface area contributed by atoms with Crippen LogP contribution in [0.4, 0.5) is 0 Å². The number of amides is 1.